The third-order valence-electron chi connectivity index (χ3n) is 5.28. The minimum absolute atomic E-state index is 0.276. The molecule has 208 valence electrons. The van der Waals surface area contributed by atoms with Crippen LogP contribution in [-0.2, 0) is 0 Å². The predicted molar refractivity (Wildman–Crippen MR) is 153 cm³/mol. The van der Waals surface area contributed by atoms with Crippen LogP contribution in [0.4, 0.5) is 11.4 Å². The number of hydrogen-bond acceptors (Lipinski definition) is 8. The van der Waals surface area contributed by atoms with Crippen molar-refractivity contribution in [2.75, 3.05) is 39.1 Å². The smallest absolute Gasteiger partial charge is 0.258 e. The van der Waals surface area contributed by atoms with Crippen LogP contribution in [0.1, 0.15) is 20.7 Å². The molecule has 2 aromatic heterocycles. The van der Waals surface area contributed by atoms with Gasteiger partial charge in [-0.15, -0.1) is 0 Å². The minimum Gasteiger partial charge on any atom is -0.493 e. The summed E-state index contributed by atoms with van der Waals surface area (Å²) in [6, 6.07) is 14.9. The van der Waals surface area contributed by atoms with Gasteiger partial charge in [-0.1, -0.05) is 23.2 Å². The van der Waals surface area contributed by atoms with Crippen LogP contribution in [0, 0.1) is 0 Å². The van der Waals surface area contributed by atoms with Gasteiger partial charge in [0.1, 0.15) is 5.15 Å². The first-order valence-electron chi connectivity index (χ1n) is 11.6. The fourth-order valence-electron chi connectivity index (χ4n) is 3.28. The lowest BCUT2D eigenvalue weighted by atomic mass is 10.2. The number of nitrogens with zero attached hydrogens (tertiary/aromatic N) is 2. The molecule has 0 saturated heterocycles. The third-order valence-corrected chi connectivity index (χ3v) is 5.84. The molecule has 40 heavy (non-hydrogen) atoms. The summed E-state index contributed by atoms with van der Waals surface area (Å²) in [5, 5.41) is 6.16. The summed E-state index contributed by atoms with van der Waals surface area (Å²) in [4.78, 5) is 31.8. The number of rotatable bonds is 8. The second-order valence-electron chi connectivity index (χ2n) is 7.77. The molecule has 0 aliphatic carbocycles. The Balaban J connectivity index is 0.000000220. The number of methoxy groups -OCH3 is 4. The van der Waals surface area contributed by atoms with E-state index in [0.29, 0.717) is 55.7 Å². The molecule has 4 aromatic rings. The SMILES string of the molecule is COc1ccc(NC(=O)c2ccc(Cl)nc2)cc1OC.COc1ccc(NC(=O)c2cnccc2Cl)cc1OC. The summed E-state index contributed by atoms with van der Waals surface area (Å²) in [5.41, 5.74) is 1.91. The molecule has 2 heterocycles. The quantitative estimate of drug-likeness (QED) is 0.241. The molecule has 0 spiro atoms. The zero-order valence-electron chi connectivity index (χ0n) is 22.0. The van der Waals surface area contributed by atoms with Crippen LogP contribution >= 0.6 is 23.2 Å². The molecular weight excluding hydrogens is 559 g/mol. The molecule has 12 heteroatoms. The lowest BCUT2D eigenvalue weighted by molar-refractivity contribution is 0.101. The Kier molecular flexibility index (Phi) is 10.9. The van der Waals surface area contributed by atoms with Gasteiger partial charge >= 0.3 is 0 Å². The van der Waals surface area contributed by atoms with Gasteiger partial charge in [0.05, 0.1) is 44.6 Å². The Morgan fingerprint density at radius 2 is 1.23 bits per heavy atom. The van der Waals surface area contributed by atoms with Crippen molar-refractivity contribution in [1.29, 1.82) is 0 Å². The van der Waals surface area contributed by atoms with E-state index in [1.165, 1.54) is 32.8 Å². The number of anilines is 2. The van der Waals surface area contributed by atoms with Gasteiger partial charge in [0.2, 0.25) is 0 Å². The molecule has 2 amide bonds. The first-order valence-corrected chi connectivity index (χ1v) is 12.3. The molecular formula is C28H26Cl2N4O6. The van der Waals surface area contributed by atoms with Crippen molar-refractivity contribution >= 4 is 46.4 Å². The highest BCUT2D eigenvalue weighted by Gasteiger charge is 2.12. The number of amides is 2. The van der Waals surface area contributed by atoms with E-state index in [-0.39, 0.29) is 11.8 Å². The van der Waals surface area contributed by atoms with Gasteiger partial charge in [-0.25, -0.2) is 4.98 Å². The van der Waals surface area contributed by atoms with Gasteiger partial charge < -0.3 is 29.6 Å². The van der Waals surface area contributed by atoms with E-state index in [2.05, 4.69) is 20.6 Å². The van der Waals surface area contributed by atoms with Crippen LogP contribution in [0.25, 0.3) is 0 Å². The molecule has 0 aliphatic heterocycles. The number of halogens is 2. The van der Waals surface area contributed by atoms with Crippen molar-refractivity contribution in [1.82, 2.24) is 9.97 Å². The van der Waals surface area contributed by atoms with Crippen molar-refractivity contribution in [2.45, 2.75) is 0 Å². The summed E-state index contributed by atoms with van der Waals surface area (Å²) >= 11 is 11.6. The fourth-order valence-corrected chi connectivity index (χ4v) is 3.59. The van der Waals surface area contributed by atoms with Crippen LogP contribution < -0.4 is 29.6 Å². The highest BCUT2D eigenvalue weighted by molar-refractivity contribution is 6.34. The monoisotopic (exact) mass is 584 g/mol. The van der Waals surface area contributed by atoms with Gasteiger partial charge in [-0.2, -0.15) is 0 Å². The second kappa shape index (κ2) is 14.6. The van der Waals surface area contributed by atoms with Gasteiger partial charge in [-0.3, -0.25) is 14.6 Å². The van der Waals surface area contributed by atoms with Gasteiger partial charge in [-0.05, 0) is 42.5 Å². The van der Waals surface area contributed by atoms with Crippen molar-refractivity contribution in [3.8, 4) is 23.0 Å². The number of carbonyl (C=O) groups is 2. The highest BCUT2D eigenvalue weighted by atomic mass is 35.5. The number of ether oxygens (including phenoxy) is 4. The Morgan fingerprint density at radius 1 is 0.675 bits per heavy atom. The van der Waals surface area contributed by atoms with Crippen LogP contribution in [0.2, 0.25) is 10.2 Å². The number of carbonyl (C=O) groups excluding carboxylic acids is 2. The maximum absolute atomic E-state index is 12.1. The highest BCUT2D eigenvalue weighted by Crippen LogP contribution is 2.31. The molecule has 0 atom stereocenters. The number of hydrogen-bond donors (Lipinski definition) is 2. The van der Waals surface area contributed by atoms with Crippen LogP contribution in [0.3, 0.4) is 0 Å². The molecule has 0 fully saturated rings. The van der Waals surface area contributed by atoms with E-state index in [0.717, 1.165) is 0 Å². The molecule has 0 bridgehead atoms. The summed E-state index contributed by atoms with van der Waals surface area (Å²) in [6.07, 6.45) is 4.35. The predicted octanol–water partition coefficient (Wildman–Crippen LogP) is 6.01. The van der Waals surface area contributed by atoms with Crippen molar-refractivity contribution in [2.24, 2.45) is 0 Å². The molecule has 2 N–H and O–H groups in total. The Hall–Kier alpha value is -4.54. The molecule has 0 unspecified atom stereocenters. The molecule has 4 rings (SSSR count). The first kappa shape index (κ1) is 30.0. The minimum atomic E-state index is -0.338. The number of pyridine rings is 2. The van der Waals surface area contributed by atoms with Gasteiger partial charge in [0.15, 0.2) is 23.0 Å². The zero-order valence-corrected chi connectivity index (χ0v) is 23.5. The van der Waals surface area contributed by atoms with Gasteiger partial charge in [0, 0.05) is 42.1 Å². The van der Waals surface area contributed by atoms with E-state index in [1.807, 2.05) is 0 Å². The summed E-state index contributed by atoms with van der Waals surface area (Å²) in [5.74, 6) is 1.64. The maximum Gasteiger partial charge on any atom is 0.258 e. The normalized spacial score (nSPS) is 9.95. The van der Waals surface area contributed by atoms with Gasteiger partial charge in [0.25, 0.3) is 11.8 Å². The van der Waals surface area contributed by atoms with Crippen LogP contribution in [-0.4, -0.2) is 50.2 Å². The summed E-state index contributed by atoms with van der Waals surface area (Å²) in [6.45, 7) is 0. The number of aromatic nitrogens is 2. The first-order chi connectivity index (χ1) is 19.3. The van der Waals surface area contributed by atoms with Crippen LogP contribution in [0.5, 0.6) is 23.0 Å². The largest absolute Gasteiger partial charge is 0.493 e. The molecule has 0 radical (unpaired) electrons. The third kappa shape index (κ3) is 7.98. The maximum atomic E-state index is 12.1. The Bertz CT molecular complexity index is 1470. The summed E-state index contributed by atoms with van der Waals surface area (Å²) in [7, 11) is 6.16. The number of benzene rings is 2. The molecule has 0 aliphatic rings. The van der Waals surface area contributed by atoms with E-state index in [1.54, 1.807) is 68.8 Å². The lowest BCUT2D eigenvalue weighted by Crippen LogP contribution is -2.12. The number of nitrogens with one attached hydrogen (secondary N) is 2. The zero-order chi connectivity index (χ0) is 29.1. The topological polar surface area (TPSA) is 121 Å². The molecule has 10 nitrogen and oxygen atoms in total. The average Bonchev–Trinajstić information content (AvgIpc) is 2.97. The van der Waals surface area contributed by atoms with Crippen LogP contribution in [0.15, 0.2) is 73.2 Å². The standard InChI is InChI=1S/2C14H13ClN2O3/c1-19-11-5-4-10(7-12(11)20-2)17-14(18)9-3-6-13(15)16-8-9;1-19-12-4-3-9(7-13(12)20-2)17-14(18)10-8-16-6-5-11(10)15/h2*3-8H,1-2H3,(H,17,18). The van der Waals surface area contributed by atoms with E-state index in [4.69, 9.17) is 42.1 Å². The Labute approximate surface area is 241 Å². The van der Waals surface area contributed by atoms with Crippen molar-refractivity contribution < 1.29 is 28.5 Å². The Morgan fingerprint density at radius 3 is 1.70 bits per heavy atom. The van der Waals surface area contributed by atoms with E-state index >= 15 is 0 Å². The average molecular weight is 585 g/mol. The lowest BCUT2D eigenvalue weighted by Gasteiger charge is -2.10. The summed E-state index contributed by atoms with van der Waals surface area (Å²) < 4.78 is 20.6. The van der Waals surface area contributed by atoms with Crippen molar-refractivity contribution in [3.63, 3.8) is 0 Å². The van der Waals surface area contributed by atoms with Crippen molar-refractivity contribution in [3.05, 3.63) is 94.5 Å². The van der Waals surface area contributed by atoms with E-state index < -0.39 is 0 Å². The molecule has 2 aromatic carbocycles. The second-order valence-corrected chi connectivity index (χ2v) is 8.57. The fraction of sp³-hybridized carbons (Fsp3) is 0.143. The van der Waals surface area contributed by atoms with E-state index in [9.17, 15) is 9.59 Å². The molecule has 0 saturated carbocycles.